The lowest BCUT2D eigenvalue weighted by molar-refractivity contribution is -0.154. The SMILES string of the molecule is N#Cc1ccc(OCCOC(=O)C2C[C@H]3CCC[C@@H](C2)C3=O)cc1. The number of hydrogen-bond acceptors (Lipinski definition) is 5. The summed E-state index contributed by atoms with van der Waals surface area (Å²) >= 11 is 0. The van der Waals surface area contributed by atoms with Crippen LogP contribution in [0.5, 0.6) is 5.75 Å². The highest BCUT2D eigenvalue weighted by atomic mass is 16.6. The van der Waals surface area contributed by atoms with Crippen LogP contribution in [0, 0.1) is 29.1 Å². The first-order valence-electron chi connectivity index (χ1n) is 8.50. The summed E-state index contributed by atoms with van der Waals surface area (Å²) in [7, 11) is 0. The molecule has 0 N–H and O–H groups in total. The summed E-state index contributed by atoms with van der Waals surface area (Å²) < 4.78 is 10.8. The fraction of sp³-hybridized carbons (Fsp3) is 0.526. The first-order chi connectivity index (χ1) is 11.7. The molecule has 2 saturated carbocycles. The third-order valence-electron chi connectivity index (χ3n) is 4.96. The molecule has 2 aliphatic rings. The number of nitriles is 1. The van der Waals surface area contributed by atoms with Gasteiger partial charge in [-0.3, -0.25) is 9.59 Å². The van der Waals surface area contributed by atoms with Crippen molar-refractivity contribution in [2.45, 2.75) is 32.1 Å². The Bertz CT molecular complexity index is 630. The van der Waals surface area contributed by atoms with Gasteiger partial charge in [0.25, 0.3) is 0 Å². The number of ketones is 1. The summed E-state index contributed by atoms with van der Waals surface area (Å²) in [6, 6.07) is 8.84. The van der Waals surface area contributed by atoms with Crippen LogP contribution in [0.2, 0.25) is 0 Å². The van der Waals surface area contributed by atoms with Crippen molar-refractivity contribution >= 4 is 11.8 Å². The number of carbonyl (C=O) groups is 2. The molecule has 5 heteroatoms. The molecule has 0 aromatic heterocycles. The predicted molar refractivity (Wildman–Crippen MR) is 86.2 cm³/mol. The molecule has 0 spiro atoms. The fourth-order valence-electron chi connectivity index (χ4n) is 3.72. The van der Waals surface area contributed by atoms with E-state index >= 15 is 0 Å². The molecule has 3 atom stereocenters. The molecular weight excluding hydrogens is 306 g/mol. The summed E-state index contributed by atoms with van der Waals surface area (Å²) in [6.45, 7) is 0.467. The number of hydrogen-bond donors (Lipinski definition) is 0. The van der Waals surface area contributed by atoms with E-state index in [1.165, 1.54) is 0 Å². The highest BCUT2D eigenvalue weighted by Gasteiger charge is 2.41. The Kier molecular flexibility index (Phi) is 5.14. The van der Waals surface area contributed by atoms with Crippen molar-refractivity contribution in [3.8, 4) is 11.8 Å². The van der Waals surface area contributed by atoms with Crippen LogP contribution >= 0.6 is 0 Å². The van der Waals surface area contributed by atoms with Gasteiger partial charge in [0.15, 0.2) is 0 Å². The lowest BCUT2D eigenvalue weighted by Gasteiger charge is -2.36. The number of ether oxygens (including phenoxy) is 2. The van der Waals surface area contributed by atoms with E-state index in [1.54, 1.807) is 24.3 Å². The maximum Gasteiger partial charge on any atom is 0.309 e. The van der Waals surface area contributed by atoms with Gasteiger partial charge in [-0.1, -0.05) is 6.42 Å². The second kappa shape index (κ2) is 7.48. The summed E-state index contributed by atoms with van der Waals surface area (Å²) in [6.07, 6.45) is 4.22. The van der Waals surface area contributed by atoms with Crippen LogP contribution in [-0.2, 0) is 14.3 Å². The van der Waals surface area contributed by atoms with Crippen LogP contribution in [0.4, 0.5) is 0 Å². The van der Waals surface area contributed by atoms with Gasteiger partial charge in [0.1, 0.15) is 24.7 Å². The standard InChI is InChI=1S/C19H21NO4/c20-12-13-4-6-17(7-5-13)23-8-9-24-19(22)16-10-14-2-1-3-15(11-16)18(14)21/h4-7,14-16H,1-3,8-11H2/t14-,15+,16?. The lowest BCUT2D eigenvalue weighted by Crippen LogP contribution is -2.39. The van der Waals surface area contributed by atoms with Gasteiger partial charge >= 0.3 is 5.97 Å². The van der Waals surface area contributed by atoms with E-state index in [-0.39, 0.29) is 36.9 Å². The van der Waals surface area contributed by atoms with Crippen LogP contribution in [-0.4, -0.2) is 25.0 Å². The van der Waals surface area contributed by atoms with Gasteiger partial charge in [0.05, 0.1) is 17.6 Å². The van der Waals surface area contributed by atoms with E-state index in [0.717, 1.165) is 19.3 Å². The molecule has 1 aromatic carbocycles. The van der Waals surface area contributed by atoms with Gasteiger partial charge in [-0.2, -0.15) is 5.26 Å². The molecule has 2 bridgehead atoms. The van der Waals surface area contributed by atoms with Crippen molar-refractivity contribution in [1.29, 1.82) is 5.26 Å². The van der Waals surface area contributed by atoms with E-state index in [0.29, 0.717) is 29.9 Å². The summed E-state index contributed by atoms with van der Waals surface area (Å²) in [5, 5.41) is 8.73. The molecule has 3 rings (SSSR count). The van der Waals surface area contributed by atoms with Gasteiger partial charge in [-0.05, 0) is 49.9 Å². The summed E-state index contributed by atoms with van der Waals surface area (Å²) in [5.41, 5.74) is 0.575. The number of esters is 1. The molecule has 2 fully saturated rings. The zero-order valence-corrected chi connectivity index (χ0v) is 13.6. The molecule has 2 aliphatic carbocycles. The maximum atomic E-state index is 12.2. The largest absolute Gasteiger partial charge is 0.490 e. The topological polar surface area (TPSA) is 76.4 Å². The minimum atomic E-state index is -0.206. The van der Waals surface area contributed by atoms with Gasteiger partial charge in [0.2, 0.25) is 0 Å². The normalized spacial score (nSPS) is 25.6. The quantitative estimate of drug-likeness (QED) is 0.614. The average molecular weight is 327 g/mol. The van der Waals surface area contributed by atoms with E-state index in [1.807, 2.05) is 6.07 Å². The van der Waals surface area contributed by atoms with Gasteiger partial charge in [-0.15, -0.1) is 0 Å². The molecule has 0 aliphatic heterocycles. The molecule has 0 heterocycles. The van der Waals surface area contributed by atoms with Crippen molar-refractivity contribution in [2.75, 3.05) is 13.2 Å². The molecule has 0 saturated heterocycles. The van der Waals surface area contributed by atoms with Crippen LogP contribution in [0.25, 0.3) is 0 Å². The smallest absolute Gasteiger partial charge is 0.309 e. The molecule has 0 amide bonds. The number of carbonyl (C=O) groups excluding carboxylic acids is 2. The Labute approximate surface area is 141 Å². The highest BCUT2D eigenvalue weighted by Crippen LogP contribution is 2.40. The number of fused-ring (bicyclic) bond motifs is 2. The van der Waals surface area contributed by atoms with Crippen LogP contribution in [0.3, 0.4) is 0 Å². The molecule has 1 aromatic rings. The first-order valence-corrected chi connectivity index (χ1v) is 8.50. The van der Waals surface area contributed by atoms with E-state index in [9.17, 15) is 9.59 Å². The van der Waals surface area contributed by atoms with Crippen molar-refractivity contribution in [1.82, 2.24) is 0 Å². The van der Waals surface area contributed by atoms with Crippen molar-refractivity contribution in [3.05, 3.63) is 29.8 Å². The van der Waals surface area contributed by atoms with E-state index in [4.69, 9.17) is 14.7 Å². The van der Waals surface area contributed by atoms with Crippen molar-refractivity contribution < 1.29 is 19.1 Å². The van der Waals surface area contributed by atoms with Gasteiger partial charge in [0, 0.05) is 11.8 Å². The molecule has 5 nitrogen and oxygen atoms in total. The zero-order valence-electron chi connectivity index (χ0n) is 13.6. The van der Waals surface area contributed by atoms with E-state index < -0.39 is 0 Å². The Morgan fingerprint density at radius 3 is 2.42 bits per heavy atom. The first kappa shape index (κ1) is 16.5. The second-order valence-corrected chi connectivity index (χ2v) is 6.55. The minimum Gasteiger partial charge on any atom is -0.490 e. The van der Waals surface area contributed by atoms with Crippen LogP contribution in [0.1, 0.15) is 37.7 Å². The van der Waals surface area contributed by atoms with Crippen LogP contribution < -0.4 is 4.74 Å². The van der Waals surface area contributed by atoms with E-state index in [2.05, 4.69) is 0 Å². The number of benzene rings is 1. The predicted octanol–water partition coefficient (Wildman–Crippen LogP) is 2.88. The van der Waals surface area contributed by atoms with Crippen LogP contribution in [0.15, 0.2) is 24.3 Å². The van der Waals surface area contributed by atoms with Crippen molar-refractivity contribution in [3.63, 3.8) is 0 Å². The Hall–Kier alpha value is -2.35. The fourth-order valence-corrected chi connectivity index (χ4v) is 3.72. The molecule has 0 radical (unpaired) electrons. The monoisotopic (exact) mass is 327 g/mol. The molecule has 1 unspecified atom stereocenters. The van der Waals surface area contributed by atoms with Gasteiger partial charge in [-0.25, -0.2) is 0 Å². The molecular formula is C19H21NO4. The average Bonchev–Trinajstić information content (AvgIpc) is 2.59. The van der Waals surface area contributed by atoms with Gasteiger partial charge < -0.3 is 9.47 Å². The minimum absolute atomic E-state index is 0.0601. The number of nitrogens with zero attached hydrogens (tertiary/aromatic N) is 1. The highest BCUT2D eigenvalue weighted by molar-refractivity contribution is 5.87. The Balaban J connectivity index is 1.41. The Morgan fingerprint density at radius 1 is 1.12 bits per heavy atom. The summed E-state index contributed by atoms with van der Waals surface area (Å²) in [4.78, 5) is 24.3. The summed E-state index contributed by atoms with van der Waals surface area (Å²) in [5.74, 6) is 0.767. The molecule has 24 heavy (non-hydrogen) atoms. The third kappa shape index (κ3) is 3.76. The zero-order chi connectivity index (χ0) is 16.9. The third-order valence-corrected chi connectivity index (χ3v) is 4.96. The van der Waals surface area contributed by atoms with Crippen molar-refractivity contribution in [2.24, 2.45) is 17.8 Å². The maximum absolute atomic E-state index is 12.2. The number of Topliss-reactive ketones (excluding diaryl/α,β-unsaturated/α-hetero) is 1. The second-order valence-electron chi connectivity index (χ2n) is 6.55. The lowest BCUT2D eigenvalue weighted by atomic mass is 9.67. The molecule has 126 valence electrons. The number of rotatable bonds is 5. The Morgan fingerprint density at radius 2 is 1.79 bits per heavy atom.